The van der Waals surface area contributed by atoms with Gasteiger partial charge in [-0.2, -0.15) is 0 Å². The van der Waals surface area contributed by atoms with E-state index in [1.807, 2.05) is 6.21 Å². The van der Waals surface area contributed by atoms with Gasteiger partial charge in [0.2, 0.25) is 0 Å². The molecule has 10 heavy (non-hydrogen) atoms. The number of hydrogen-bond acceptors (Lipinski definition) is 1. The summed E-state index contributed by atoms with van der Waals surface area (Å²) in [5, 5.41) is 0. The van der Waals surface area contributed by atoms with E-state index in [-0.39, 0.29) is 0 Å². The van der Waals surface area contributed by atoms with Crippen molar-refractivity contribution in [3.05, 3.63) is 24.0 Å². The van der Waals surface area contributed by atoms with Gasteiger partial charge in [-0.3, -0.25) is 4.99 Å². The average Bonchev–Trinajstić information content (AvgIpc) is 2.33. The molecular formula is C8H10N2. The van der Waals surface area contributed by atoms with Crippen LogP contribution in [-0.2, 0) is 6.54 Å². The van der Waals surface area contributed by atoms with Gasteiger partial charge in [-0.05, 0) is 19.1 Å². The summed E-state index contributed by atoms with van der Waals surface area (Å²) in [6.07, 6.45) is 4.03. The highest BCUT2D eigenvalue weighted by Crippen LogP contribution is 2.07. The Balaban J connectivity index is 2.43. The van der Waals surface area contributed by atoms with Crippen LogP contribution in [0, 0.1) is 0 Å². The Hall–Kier alpha value is -1.05. The Bertz CT molecular complexity index is 260. The number of rotatable bonds is 0. The molecule has 2 heterocycles. The fraction of sp³-hybridized carbons (Fsp3) is 0.375. The van der Waals surface area contributed by atoms with Crippen LogP contribution in [0.1, 0.15) is 12.6 Å². The molecule has 1 aromatic heterocycles. The minimum absolute atomic E-state index is 0.444. The van der Waals surface area contributed by atoms with E-state index in [1.165, 1.54) is 5.69 Å². The molecule has 1 aliphatic rings. The maximum Gasteiger partial charge on any atom is 0.0651 e. The summed E-state index contributed by atoms with van der Waals surface area (Å²) in [7, 11) is 0. The van der Waals surface area contributed by atoms with Crippen LogP contribution in [-0.4, -0.2) is 16.8 Å². The fourth-order valence-corrected chi connectivity index (χ4v) is 1.25. The highest BCUT2D eigenvalue weighted by Gasteiger charge is 2.07. The summed E-state index contributed by atoms with van der Waals surface area (Å²) in [6.45, 7) is 3.15. The molecule has 0 amide bonds. The lowest BCUT2D eigenvalue weighted by atomic mass is 10.3. The zero-order valence-corrected chi connectivity index (χ0v) is 5.99. The molecule has 2 rings (SSSR count). The predicted molar refractivity (Wildman–Crippen MR) is 41.5 cm³/mol. The van der Waals surface area contributed by atoms with Crippen LogP contribution in [0.2, 0.25) is 0 Å². The normalized spacial score (nSPS) is 22.7. The first-order chi connectivity index (χ1) is 4.86. The molecule has 2 heteroatoms. The predicted octanol–water partition coefficient (Wildman–Crippen LogP) is 1.31. The zero-order chi connectivity index (χ0) is 6.97. The van der Waals surface area contributed by atoms with Gasteiger partial charge in [-0.15, -0.1) is 0 Å². The molecule has 1 aromatic rings. The zero-order valence-electron chi connectivity index (χ0n) is 5.99. The molecule has 0 N–H and O–H groups in total. The minimum atomic E-state index is 0.444. The van der Waals surface area contributed by atoms with Crippen molar-refractivity contribution in [2.24, 2.45) is 4.99 Å². The van der Waals surface area contributed by atoms with Crippen molar-refractivity contribution >= 4 is 6.21 Å². The van der Waals surface area contributed by atoms with Gasteiger partial charge in [-0.25, -0.2) is 0 Å². The molecule has 2 nitrogen and oxygen atoms in total. The number of fused-ring (bicyclic) bond motifs is 1. The molecule has 0 bridgehead atoms. The maximum atomic E-state index is 4.30. The lowest BCUT2D eigenvalue weighted by molar-refractivity contribution is 0.579. The van der Waals surface area contributed by atoms with Crippen molar-refractivity contribution in [3.8, 4) is 0 Å². The van der Waals surface area contributed by atoms with Crippen LogP contribution in [0.4, 0.5) is 0 Å². The summed E-state index contributed by atoms with van der Waals surface area (Å²) < 4.78 is 2.22. The van der Waals surface area contributed by atoms with Gasteiger partial charge in [0.05, 0.1) is 11.7 Å². The first kappa shape index (κ1) is 5.71. The van der Waals surface area contributed by atoms with Crippen molar-refractivity contribution < 1.29 is 0 Å². The van der Waals surface area contributed by atoms with Crippen molar-refractivity contribution in [1.82, 2.24) is 4.57 Å². The average molecular weight is 134 g/mol. The molecule has 0 spiro atoms. The van der Waals surface area contributed by atoms with Crippen LogP contribution >= 0.6 is 0 Å². The molecule has 0 saturated heterocycles. The summed E-state index contributed by atoms with van der Waals surface area (Å²) in [5.41, 5.74) is 1.22. The van der Waals surface area contributed by atoms with Crippen molar-refractivity contribution in [3.63, 3.8) is 0 Å². The minimum Gasteiger partial charge on any atom is -0.345 e. The molecule has 0 radical (unpaired) electrons. The molecule has 0 fully saturated rings. The molecular weight excluding hydrogens is 124 g/mol. The summed E-state index contributed by atoms with van der Waals surface area (Å²) in [6, 6.07) is 4.58. The molecule has 52 valence electrons. The number of aromatic nitrogens is 1. The van der Waals surface area contributed by atoms with E-state index in [4.69, 9.17) is 0 Å². The SMILES string of the molecule is C[C@@H]1Cn2cccc2C=N1. The number of hydrogen-bond donors (Lipinski definition) is 0. The van der Waals surface area contributed by atoms with E-state index in [0.29, 0.717) is 6.04 Å². The van der Waals surface area contributed by atoms with Crippen LogP contribution in [0.25, 0.3) is 0 Å². The van der Waals surface area contributed by atoms with Crippen LogP contribution in [0.3, 0.4) is 0 Å². The lowest BCUT2D eigenvalue weighted by Crippen LogP contribution is -2.16. The summed E-state index contributed by atoms with van der Waals surface area (Å²) >= 11 is 0. The van der Waals surface area contributed by atoms with Crippen molar-refractivity contribution in [2.45, 2.75) is 19.5 Å². The second kappa shape index (κ2) is 1.97. The third-order valence-electron chi connectivity index (χ3n) is 1.79. The summed E-state index contributed by atoms with van der Waals surface area (Å²) in [4.78, 5) is 4.30. The van der Waals surface area contributed by atoms with Gasteiger partial charge >= 0.3 is 0 Å². The van der Waals surface area contributed by atoms with Crippen LogP contribution < -0.4 is 0 Å². The number of aliphatic imine (C=N–C) groups is 1. The fourth-order valence-electron chi connectivity index (χ4n) is 1.25. The molecule has 0 aromatic carbocycles. The highest BCUT2D eigenvalue weighted by molar-refractivity contribution is 5.78. The van der Waals surface area contributed by atoms with Crippen molar-refractivity contribution in [2.75, 3.05) is 0 Å². The van der Waals surface area contributed by atoms with Crippen LogP contribution in [0.5, 0.6) is 0 Å². The Kier molecular flexibility index (Phi) is 1.13. The maximum absolute atomic E-state index is 4.30. The Morgan fingerprint density at radius 3 is 3.50 bits per heavy atom. The third-order valence-corrected chi connectivity index (χ3v) is 1.79. The van der Waals surface area contributed by atoms with E-state index in [2.05, 4.69) is 34.8 Å². The smallest absolute Gasteiger partial charge is 0.0651 e. The molecule has 1 atom stereocenters. The molecule has 1 aliphatic heterocycles. The first-order valence-corrected chi connectivity index (χ1v) is 3.54. The Labute approximate surface area is 60.2 Å². The lowest BCUT2D eigenvalue weighted by Gasteiger charge is -2.14. The molecule has 0 aliphatic carbocycles. The van der Waals surface area contributed by atoms with E-state index in [1.54, 1.807) is 0 Å². The Morgan fingerprint density at radius 1 is 1.70 bits per heavy atom. The highest BCUT2D eigenvalue weighted by atomic mass is 15.0. The Morgan fingerprint density at radius 2 is 2.60 bits per heavy atom. The first-order valence-electron chi connectivity index (χ1n) is 3.54. The monoisotopic (exact) mass is 134 g/mol. The third kappa shape index (κ3) is 0.764. The quantitative estimate of drug-likeness (QED) is 0.509. The van der Waals surface area contributed by atoms with Crippen molar-refractivity contribution in [1.29, 1.82) is 0 Å². The van der Waals surface area contributed by atoms with Gasteiger partial charge in [-0.1, -0.05) is 0 Å². The van der Waals surface area contributed by atoms with Gasteiger partial charge in [0.1, 0.15) is 0 Å². The van der Waals surface area contributed by atoms with E-state index < -0.39 is 0 Å². The van der Waals surface area contributed by atoms with Gasteiger partial charge in [0, 0.05) is 19.0 Å². The van der Waals surface area contributed by atoms with Gasteiger partial charge in [0.15, 0.2) is 0 Å². The van der Waals surface area contributed by atoms with E-state index in [0.717, 1.165) is 6.54 Å². The standard InChI is InChI=1S/C8H10N2/c1-7-6-10-4-2-3-8(10)5-9-7/h2-5,7H,6H2,1H3/t7-/m1/s1. The topological polar surface area (TPSA) is 17.3 Å². The second-order valence-corrected chi connectivity index (χ2v) is 2.71. The number of nitrogens with zero attached hydrogens (tertiary/aromatic N) is 2. The van der Waals surface area contributed by atoms with Gasteiger partial charge in [0.25, 0.3) is 0 Å². The van der Waals surface area contributed by atoms with E-state index in [9.17, 15) is 0 Å². The second-order valence-electron chi connectivity index (χ2n) is 2.71. The summed E-state index contributed by atoms with van der Waals surface area (Å²) in [5.74, 6) is 0. The molecule has 0 saturated carbocycles. The molecule has 0 unspecified atom stereocenters. The van der Waals surface area contributed by atoms with E-state index >= 15 is 0 Å². The largest absolute Gasteiger partial charge is 0.345 e. The van der Waals surface area contributed by atoms with Gasteiger partial charge < -0.3 is 4.57 Å². The van der Waals surface area contributed by atoms with Crippen LogP contribution in [0.15, 0.2) is 23.3 Å².